The fourth-order valence-electron chi connectivity index (χ4n) is 5.59. The number of carbonyl (C=O) groups is 3. The molecule has 3 N–H and O–H groups in total. The van der Waals surface area contributed by atoms with Crippen molar-refractivity contribution < 1.29 is 19.5 Å². The number of nitrogens with one attached hydrogen (secondary N) is 2. The number of amides is 3. The van der Waals surface area contributed by atoms with E-state index in [1.807, 2.05) is 0 Å². The van der Waals surface area contributed by atoms with Crippen LogP contribution in [0.15, 0.2) is 0 Å². The predicted octanol–water partition coefficient (Wildman–Crippen LogP) is 1.68. The number of likely N-dealkylation sites (tertiary alicyclic amines) is 1. The second-order valence-electron chi connectivity index (χ2n) is 8.84. The summed E-state index contributed by atoms with van der Waals surface area (Å²) in [7, 11) is 1.63. The van der Waals surface area contributed by atoms with E-state index >= 15 is 0 Å². The summed E-state index contributed by atoms with van der Waals surface area (Å²) >= 11 is 1.72. The molecule has 3 fully saturated rings. The van der Waals surface area contributed by atoms with Gasteiger partial charge in [0.2, 0.25) is 17.7 Å². The van der Waals surface area contributed by atoms with Crippen LogP contribution in [-0.2, 0) is 14.4 Å². The summed E-state index contributed by atoms with van der Waals surface area (Å²) in [5, 5.41) is 14.9. The molecule has 3 aliphatic rings. The van der Waals surface area contributed by atoms with Crippen LogP contribution in [0.1, 0.15) is 64.7 Å². The van der Waals surface area contributed by atoms with E-state index in [0.717, 1.165) is 57.8 Å². The molecule has 0 radical (unpaired) electrons. The van der Waals surface area contributed by atoms with Gasteiger partial charge in [0, 0.05) is 32.0 Å². The minimum absolute atomic E-state index is 0.0193. The maximum Gasteiger partial charge on any atom is 0.244 e. The Kier molecular flexibility index (Phi) is 8.07. The third-order valence-electron chi connectivity index (χ3n) is 6.98. The van der Waals surface area contributed by atoms with Crippen molar-refractivity contribution in [3.05, 3.63) is 0 Å². The highest BCUT2D eigenvalue weighted by molar-refractivity contribution is 8.02. The standard InChI is InChI=1S/C22H37N3O4S/c1-3-4-7-12-24-20(28)18-22-11-10-15(30-22)16(19(27)23-2)17(22)21(29)25(18)13-8-5-6-9-14-26/h15-18,26H,3-14H2,1-2H3,(H,23,27)(H,24,28)/t15-,16+,17-,18?,22?/m0/s1. The number of rotatable bonds is 12. The van der Waals surface area contributed by atoms with Crippen molar-refractivity contribution in [2.75, 3.05) is 26.7 Å². The number of unbranched alkanes of at least 4 members (excludes halogenated alkanes) is 5. The van der Waals surface area contributed by atoms with Gasteiger partial charge in [0.05, 0.1) is 16.6 Å². The maximum atomic E-state index is 13.5. The van der Waals surface area contributed by atoms with E-state index in [4.69, 9.17) is 5.11 Å². The van der Waals surface area contributed by atoms with Crippen LogP contribution < -0.4 is 10.6 Å². The summed E-state index contributed by atoms with van der Waals surface area (Å²) in [6, 6.07) is -0.487. The van der Waals surface area contributed by atoms with E-state index in [0.29, 0.717) is 13.1 Å². The molecule has 30 heavy (non-hydrogen) atoms. The molecular weight excluding hydrogens is 402 g/mol. The molecule has 2 unspecified atom stereocenters. The summed E-state index contributed by atoms with van der Waals surface area (Å²) < 4.78 is -0.473. The van der Waals surface area contributed by atoms with Gasteiger partial charge in [0.15, 0.2) is 0 Å². The molecule has 0 aromatic heterocycles. The van der Waals surface area contributed by atoms with Gasteiger partial charge in [-0.2, -0.15) is 0 Å². The van der Waals surface area contributed by atoms with Crippen LogP contribution >= 0.6 is 11.8 Å². The van der Waals surface area contributed by atoms with Crippen molar-refractivity contribution in [2.45, 2.75) is 80.7 Å². The number of aliphatic hydroxyl groups is 1. The lowest BCUT2D eigenvalue weighted by atomic mass is 9.71. The highest BCUT2D eigenvalue weighted by Gasteiger charge is 2.73. The van der Waals surface area contributed by atoms with Crippen molar-refractivity contribution in [1.29, 1.82) is 0 Å². The molecule has 1 spiro atoms. The first kappa shape index (κ1) is 23.4. The van der Waals surface area contributed by atoms with E-state index in [-0.39, 0.29) is 35.5 Å². The minimum Gasteiger partial charge on any atom is -0.396 e. The zero-order chi connectivity index (χ0) is 21.7. The molecule has 5 atom stereocenters. The first-order valence-corrected chi connectivity index (χ1v) is 12.5. The molecule has 7 nitrogen and oxygen atoms in total. The number of carbonyl (C=O) groups excluding carboxylic acids is 3. The fraction of sp³-hybridized carbons (Fsp3) is 0.864. The first-order chi connectivity index (χ1) is 14.5. The van der Waals surface area contributed by atoms with Gasteiger partial charge in [-0.25, -0.2) is 0 Å². The van der Waals surface area contributed by atoms with Crippen LogP contribution in [0.5, 0.6) is 0 Å². The molecule has 0 saturated carbocycles. The fourth-order valence-corrected chi connectivity index (χ4v) is 7.81. The van der Waals surface area contributed by atoms with Crippen molar-refractivity contribution in [3.63, 3.8) is 0 Å². The van der Waals surface area contributed by atoms with E-state index in [1.165, 1.54) is 0 Å². The first-order valence-electron chi connectivity index (χ1n) is 11.6. The molecule has 3 rings (SSSR count). The zero-order valence-electron chi connectivity index (χ0n) is 18.3. The normalized spacial score (nSPS) is 31.8. The summed E-state index contributed by atoms with van der Waals surface area (Å²) in [6.07, 6.45) is 8.22. The molecule has 3 saturated heterocycles. The average Bonchev–Trinajstić information content (AvgIpc) is 3.38. The molecule has 170 valence electrons. The van der Waals surface area contributed by atoms with Gasteiger partial charge in [-0.15, -0.1) is 11.8 Å². The Morgan fingerprint density at radius 3 is 2.63 bits per heavy atom. The molecule has 0 aromatic carbocycles. The molecule has 8 heteroatoms. The Labute approximate surface area is 184 Å². The molecular formula is C22H37N3O4S. The third-order valence-corrected chi connectivity index (χ3v) is 8.94. The Morgan fingerprint density at radius 1 is 1.17 bits per heavy atom. The highest BCUT2D eigenvalue weighted by Crippen LogP contribution is 2.66. The number of thioether (sulfide) groups is 1. The number of hydrogen-bond donors (Lipinski definition) is 3. The van der Waals surface area contributed by atoms with E-state index in [2.05, 4.69) is 17.6 Å². The molecule has 3 heterocycles. The van der Waals surface area contributed by atoms with E-state index in [9.17, 15) is 14.4 Å². The molecule has 0 aromatic rings. The van der Waals surface area contributed by atoms with Crippen molar-refractivity contribution >= 4 is 29.5 Å². The van der Waals surface area contributed by atoms with Crippen LogP contribution in [0.4, 0.5) is 0 Å². The number of nitrogens with zero attached hydrogens (tertiary/aromatic N) is 1. The second kappa shape index (κ2) is 10.4. The average molecular weight is 440 g/mol. The summed E-state index contributed by atoms with van der Waals surface area (Å²) in [4.78, 5) is 41.3. The second-order valence-corrected chi connectivity index (χ2v) is 10.4. The predicted molar refractivity (Wildman–Crippen MR) is 118 cm³/mol. The van der Waals surface area contributed by atoms with Gasteiger partial charge in [-0.1, -0.05) is 32.6 Å². The largest absolute Gasteiger partial charge is 0.396 e. The molecule has 2 bridgehead atoms. The molecule has 3 aliphatic heterocycles. The lowest BCUT2D eigenvalue weighted by Gasteiger charge is -2.34. The van der Waals surface area contributed by atoms with Crippen LogP contribution in [0.25, 0.3) is 0 Å². The van der Waals surface area contributed by atoms with Gasteiger partial charge < -0.3 is 20.6 Å². The van der Waals surface area contributed by atoms with Crippen molar-refractivity contribution in [2.24, 2.45) is 11.8 Å². The van der Waals surface area contributed by atoms with Crippen LogP contribution in [0.2, 0.25) is 0 Å². The zero-order valence-corrected chi connectivity index (χ0v) is 19.1. The molecule has 3 amide bonds. The van der Waals surface area contributed by atoms with Crippen LogP contribution in [0, 0.1) is 11.8 Å². The summed E-state index contributed by atoms with van der Waals surface area (Å²) in [5.74, 6) is -0.877. The van der Waals surface area contributed by atoms with Gasteiger partial charge in [-0.3, -0.25) is 14.4 Å². The number of aliphatic hydroxyl groups excluding tert-OH is 1. The quantitative estimate of drug-likeness (QED) is 0.402. The lowest BCUT2D eigenvalue weighted by Crippen LogP contribution is -2.53. The highest BCUT2D eigenvalue weighted by atomic mass is 32.2. The van der Waals surface area contributed by atoms with Crippen molar-refractivity contribution in [1.82, 2.24) is 15.5 Å². The monoisotopic (exact) mass is 439 g/mol. The topological polar surface area (TPSA) is 98.7 Å². The SMILES string of the molecule is CCCCCNC(=O)C1N(CCCCCCO)C(=O)[C@@H]2[C@H](C(=O)NC)[C@@H]3CCC12S3. The Bertz CT molecular complexity index is 646. The van der Waals surface area contributed by atoms with Gasteiger partial charge in [0.1, 0.15) is 6.04 Å². The summed E-state index contributed by atoms with van der Waals surface area (Å²) in [6.45, 7) is 3.49. The number of hydrogen-bond acceptors (Lipinski definition) is 5. The van der Waals surface area contributed by atoms with Crippen LogP contribution in [-0.4, -0.2) is 70.5 Å². The number of fused-ring (bicyclic) bond motifs is 1. The van der Waals surface area contributed by atoms with Gasteiger partial charge in [-0.05, 0) is 32.1 Å². The molecule has 0 aliphatic carbocycles. The van der Waals surface area contributed by atoms with Crippen molar-refractivity contribution in [3.8, 4) is 0 Å². The Morgan fingerprint density at radius 2 is 1.93 bits per heavy atom. The minimum atomic E-state index is -0.487. The van der Waals surface area contributed by atoms with Crippen LogP contribution in [0.3, 0.4) is 0 Å². The Balaban J connectivity index is 1.78. The Hall–Kier alpha value is -1.28. The van der Waals surface area contributed by atoms with E-state index < -0.39 is 16.7 Å². The van der Waals surface area contributed by atoms with E-state index in [1.54, 1.807) is 23.7 Å². The third kappa shape index (κ3) is 4.22. The smallest absolute Gasteiger partial charge is 0.244 e. The van der Waals surface area contributed by atoms with Gasteiger partial charge >= 0.3 is 0 Å². The van der Waals surface area contributed by atoms with Gasteiger partial charge in [0.25, 0.3) is 0 Å². The maximum absolute atomic E-state index is 13.5. The lowest BCUT2D eigenvalue weighted by molar-refractivity contribution is -0.140. The summed E-state index contributed by atoms with van der Waals surface area (Å²) in [5.41, 5.74) is 0.